The number of carboxylic acids is 1. The van der Waals surface area contributed by atoms with Gasteiger partial charge in [0.05, 0.1) is 22.7 Å². The lowest BCUT2D eigenvalue weighted by molar-refractivity contribution is -0.136. The van der Waals surface area contributed by atoms with E-state index in [4.69, 9.17) is 22.0 Å². The van der Waals surface area contributed by atoms with Gasteiger partial charge in [0.1, 0.15) is 6.07 Å². The number of carbonyl (C=O) groups is 1. The van der Waals surface area contributed by atoms with Crippen LogP contribution in [0.5, 0.6) is 0 Å². The molecule has 0 saturated carbocycles. The first-order valence-electron chi connectivity index (χ1n) is 4.05. The molecule has 0 fully saturated rings. The summed E-state index contributed by atoms with van der Waals surface area (Å²) in [6, 6.07) is 2.49. The highest BCUT2D eigenvalue weighted by Gasteiger charge is 2.20. The van der Waals surface area contributed by atoms with E-state index in [9.17, 15) is 13.6 Å². The van der Waals surface area contributed by atoms with Gasteiger partial charge in [0.25, 0.3) is 6.43 Å². The Bertz CT molecular complexity index is 471. The summed E-state index contributed by atoms with van der Waals surface area (Å²) in [6.07, 6.45) is -3.40. The average Bonchev–Trinajstić information content (AvgIpc) is 2.14. The predicted molar refractivity (Wildman–Crippen MR) is 50.3 cm³/mol. The van der Waals surface area contributed by atoms with Crippen LogP contribution in [-0.4, -0.2) is 16.1 Å². The summed E-state index contributed by atoms with van der Waals surface area (Å²) >= 11 is 5.53. The maximum absolute atomic E-state index is 12.5. The minimum atomic E-state index is -2.92. The SMILES string of the molecule is N#Cc1nc(CC(=O)O)cc(Cl)c1C(F)F. The van der Waals surface area contributed by atoms with Gasteiger partial charge >= 0.3 is 5.97 Å². The molecule has 0 bridgehead atoms. The van der Waals surface area contributed by atoms with Crippen LogP contribution < -0.4 is 0 Å². The molecule has 1 heterocycles. The van der Waals surface area contributed by atoms with E-state index in [1.54, 1.807) is 0 Å². The van der Waals surface area contributed by atoms with Gasteiger partial charge in [-0.2, -0.15) is 5.26 Å². The second-order valence-corrected chi connectivity index (χ2v) is 3.25. The maximum atomic E-state index is 12.5. The minimum absolute atomic E-state index is 0.0292. The number of carboxylic acid groups (broad SMARTS) is 1. The Kier molecular flexibility index (Phi) is 3.74. The van der Waals surface area contributed by atoms with Gasteiger partial charge in [-0.05, 0) is 6.07 Å². The van der Waals surface area contributed by atoms with Crippen molar-refractivity contribution in [2.24, 2.45) is 0 Å². The highest BCUT2D eigenvalue weighted by Crippen LogP contribution is 2.29. The van der Waals surface area contributed by atoms with Crippen molar-refractivity contribution < 1.29 is 18.7 Å². The van der Waals surface area contributed by atoms with Crippen LogP contribution in [0.4, 0.5) is 8.78 Å². The number of alkyl halides is 2. The molecular weight excluding hydrogens is 242 g/mol. The zero-order chi connectivity index (χ0) is 12.3. The average molecular weight is 247 g/mol. The second-order valence-electron chi connectivity index (χ2n) is 2.84. The van der Waals surface area contributed by atoms with Crippen molar-refractivity contribution in [2.45, 2.75) is 12.8 Å². The number of pyridine rings is 1. The third-order valence-electron chi connectivity index (χ3n) is 1.72. The third kappa shape index (κ3) is 2.64. The number of hydrogen-bond acceptors (Lipinski definition) is 3. The molecule has 0 aromatic carbocycles. The van der Waals surface area contributed by atoms with Crippen LogP contribution in [0.1, 0.15) is 23.4 Å². The van der Waals surface area contributed by atoms with Crippen molar-refractivity contribution >= 4 is 17.6 Å². The summed E-state index contributed by atoms with van der Waals surface area (Å²) in [5.74, 6) is -1.18. The molecule has 84 valence electrons. The number of aromatic nitrogens is 1. The first kappa shape index (κ1) is 12.3. The van der Waals surface area contributed by atoms with Gasteiger partial charge < -0.3 is 5.11 Å². The molecular formula is C9H5ClF2N2O2. The van der Waals surface area contributed by atoms with Crippen molar-refractivity contribution in [3.63, 3.8) is 0 Å². The van der Waals surface area contributed by atoms with E-state index in [2.05, 4.69) is 4.98 Å². The zero-order valence-corrected chi connectivity index (χ0v) is 8.50. The molecule has 0 spiro atoms. The first-order chi connectivity index (χ1) is 7.45. The smallest absolute Gasteiger partial charge is 0.309 e. The number of rotatable bonds is 3. The summed E-state index contributed by atoms with van der Waals surface area (Å²) in [5, 5.41) is 16.7. The number of halogens is 3. The standard InChI is InChI=1S/C9H5ClF2N2O2/c10-5-1-4(2-7(15)16)14-6(3-13)8(5)9(11)12/h1,9H,2H2,(H,15,16). The van der Waals surface area contributed by atoms with Crippen LogP contribution in [0.3, 0.4) is 0 Å². The van der Waals surface area contributed by atoms with Gasteiger partial charge in [0.15, 0.2) is 5.69 Å². The minimum Gasteiger partial charge on any atom is -0.481 e. The van der Waals surface area contributed by atoms with E-state index >= 15 is 0 Å². The molecule has 1 aromatic rings. The molecule has 0 amide bonds. The molecule has 4 nitrogen and oxygen atoms in total. The summed E-state index contributed by atoms with van der Waals surface area (Å²) in [6.45, 7) is 0. The van der Waals surface area contributed by atoms with E-state index in [-0.39, 0.29) is 10.7 Å². The number of nitrogens with zero attached hydrogens (tertiary/aromatic N) is 2. The molecule has 0 aliphatic carbocycles. The molecule has 0 radical (unpaired) electrons. The van der Waals surface area contributed by atoms with Crippen molar-refractivity contribution in [1.29, 1.82) is 5.26 Å². The van der Waals surface area contributed by atoms with E-state index < -0.39 is 30.1 Å². The van der Waals surface area contributed by atoms with Gasteiger partial charge in [-0.25, -0.2) is 13.8 Å². The third-order valence-corrected chi connectivity index (χ3v) is 2.03. The van der Waals surface area contributed by atoms with Crippen LogP contribution in [0.2, 0.25) is 5.02 Å². The predicted octanol–water partition coefficient (Wildman–Crippen LogP) is 2.17. The number of nitriles is 1. The number of hydrogen-bond donors (Lipinski definition) is 1. The fraction of sp³-hybridized carbons (Fsp3) is 0.222. The van der Waals surface area contributed by atoms with Crippen molar-refractivity contribution in [3.8, 4) is 6.07 Å². The normalized spacial score (nSPS) is 10.2. The van der Waals surface area contributed by atoms with Crippen molar-refractivity contribution in [2.75, 3.05) is 0 Å². The van der Waals surface area contributed by atoms with Gasteiger partial charge in [-0.3, -0.25) is 4.79 Å². The largest absolute Gasteiger partial charge is 0.481 e. The van der Waals surface area contributed by atoms with Gasteiger partial charge in [-0.1, -0.05) is 11.6 Å². The molecule has 0 aliphatic heterocycles. The van der Waals surface area contributed by atoms with Gasteiger partial charge in [-0.15, -0.1) is 0 Å². The van der Waals surface area contributed by atoms with Crippen LogP contribution >= 0.6 is 11.6 Å². The zero-order valence-electron chi connectivity index (χ0n) is 7.75. The summed E-state index contributed by atoms with van der Waals surface area (Å²) in [7, 11) is 0. The van der Waals surface area contributed by atoms with Crippen molar-refractivity contribution in [1.82, 2.24) is 4.98 Å². The molecule has 16 heavy (non-hydrogen) atoms. The molecule has 0 saturated heterocycles. The molecule has 0 unspecified atom stereocenters. The molecule has 0 atom stereocenters. The second kappa shape index (κ2) is 4.86. The van der Waals surface area contributed by atoms with Crippen LogP contribution in [-0.2, 0) is 11.2 Å². The molecule has 1 N–H and O–H groups in total. The fourth-order valence-electron chi connectivity index (χ4n) is 1.11. The highest BCUT2D eigenvalue weighted by molar-refractivity contribution is 6.31. The highest BCUT2D eigenvalue weighted by atomic mass is 35.5. The summed E-state index contributed by atoms with van der Waals surface area (Å²) < 4.78 is 25.0. The Morgan fingerprint density at radius 1 is 1.69 bits per heavy atom. The Labute approximate surface area is 94.1 Å². The maximum Gasteiger partial charge on any atom is 0.309 e. The van der Waals surface area contributed by atoms with E-state index in [1.807, 2.05) is 0 Å². The topological polar surface area (TPSA) is 74.0 Å². The summed E-state index contributed by atoms with van der Waals surface area (Å²) in [4.78, 5) is 13.9. The molecule has 7 heteroatoms. The Morgan fingerprint density at radius 3 is 2.75 bits per heavy atom. The van der Waals surface area contributed by atoms with Crippen molar-refractivity contribution in [3.05, 3.63) is 28.0 Å². The van der Waals surface area contributed by atoms with Gasteiger partial charge in [0.2, 0.25) is 0 Å². The monoisotopic (exact) mass is 246 g/mol. The van der Waals surface area contributed by atoms with Crippen LogP contribution in [0, 0.1) is 11.3 Å². The van der Waals surface area contributed by atoms with Gasteiger partial charge in [0, 0.05) is 0 Å². The fourth-order valence-corrected chi connectivity index (χ4v) is 1.41. The first-order valence-corrected chi connectivity index (χ1v) is 4.43. The van der Waals surface area contributed by atoms with E-state index in [1.165, 1.54) is 6.07 Å². The molecule has 0 aliphatic rings. The Balaban J connectivity index is 3.28. The Hall–Kier alpha value is -1.74. The van der Waals surface area contributed by atoms with E-state index in [0.717, 1.165) is 6.07 Å². The van der Waals surface area contributed by atoms with Crippen LogP contribution in [0.15, 0.2) is 6.07 Å². The van der Waals surface area contributed by atoms with Crippen LogP contribution in [0.25, 0.3) is 0 Å². The lowest BCUT2D eigenvalue weighted by Gasteiger charge is -2.06. The molecule has 1 aromatic heterocycles. The quantitative estimate of drug-likeness (QED) is 0.887. The lowest BCUT2D eigenvalue weighted by Crippen LogP contribution is -2.06. The summed E-state index contributed by atoms with van der Waals surface area (Å²) in [5.41, 5.74) is -1.24. The lowest BCUT2D eigenvalue weighted by atomic mass is 10.1. The Morgan fingerprint density at radius 2 is 2.31 bits per heavy atom. The molecule has 1 rings (SSSR count). The van der Waals surface area contributed by atoms with E-state index in [0.29, 0.717) is 0 Å². The number of aliphatic carboxylic acids is 1.